The highest BCUT2D eigenvalue weighted by atomic mass is 19.1. The summed E-state index contributed by atoms with van der Waals surface area (Å²) >= 11 is 0. The summed E-state index contributed by atoms with van der Waals surface area (Å²) in [6, 6.07) is 11.8. The molecule has 0 unspecified atom stereocenters. The molecular weight excluding hydrogens is 425 g/mol. The molecule has 0 saturated heterocycles. The van der Waals surface area contributed by atoms with Crippen molar-refractivity contribution in [2.24, 2.45) is 7.05 Å². The average Bonchev–Trinajstić information content (AvgIpc) is 3.37. The number of aryl methyl sites for hydroxylation is 3. The van der Waals surface area contributed by atoms with E-state index in [1.807, 2.05) is 18.2 Å². The Morgan fingerprint density at radius 3 is 2.91 bits per heavy atom. The first-order valence-corrected chi connectivity index (χ1v) is 10.8. The summed E-state index contributed by atoms with van der Waals surface area (Å²) in [5.74, 6) is 1.09. The first-order valence-electron chi connectivity index (χ1n) is 10.8. The Kier molecular flexibility index (Phi) is 5.45. The fourth-order valence-corrected chi connectivity index (χ4v) is 4.19. The molecular formula is C24H24FN5O3. The van der Waals surface area contributed by atoms with Gasteiger partial charge in [0.2, 0.25) is 0 Å². The fraction of sp³-hybridized carbons (Fsp3) is 0.292. The highest BCUT2D eigenvalue weighted by Crippen LogP contribution is 2.30. The Hall–Kier alpha value is -3.88. The van der Waals surface area contributed by atoms with Crippen LogP contribution in [0.5, 0.6) is 5.75 Å². The molecule has 0 atom stereocenters. The molecule has 0 bridgehead atoms. The molecule has 9 heteroatoms. The van der Waals surface area contributed by atoms with E-state index in [0.29, 0.717) is 28.4 Å². The van der Waals surface area contributed by atoms with Gasteiger partial charge in [-0.15, -0.1) is 0 Å². The summed E-state index contributed by atoms with van der Waals surface area (Å²) in [6.45, 7) is 1.01. The number of halogens is 1. The van der Waals surface area contributed by atoms with E-state index in [1.54, 1.807) is 23.9 Å². The normalized spacial score (nSPS) is 13.1. The quantitative estimate of drug-likeness (QED) is 0.479. The first-order chi connectivity index (χ1) is 16.0. The molecule has 1 aliphatic heterocycles. The Balaban J connectivity index is 1.26. The summed E-state index contributed by atoms with van der Waals surface area (Å²) in [5.41, 5.74) is 4.52. The number of hydrogen-bond acceptors (Lipinski definition) is 5. The molecule has 1 N–H and O–H groups in total. The van der Waals surface area contributed by atoms with Crippen molar-refractivity contribution in [2.45, 2.75) is 32.4 Å². The van der Waals surface area contributed by atoms with Crippen molar-refractivity contribution in [1.29, 1.82) is 0 Å². The topological polar surface area (TPSA) is 83.2 Å². The minimum atomic E-state index is -0.569. The second kappa shape index (κ2) is 8.57. The summed E-state index contributed by atoms with van der Waals surface area (Å²) < 4.78 is 28.0. The first kappa shape index (κ1) is 21.0. The Morgan fingerprint density at radius 1 is 1.18 bits per heavy atom. The number of nitrogens with zero attached hydrogens (tertiary/aromatic N) is 4. The standard InChI is InChI=1S/C24H24FN5O3/c1-29-17(13-19(28-29)18-8-6-15(25)11-22(18)32-2)14-33-24(31)26-16-7-9-21-20(12-16)27-23-5-3-4-10-30(21)23/h6-9,11-13H,3-5,10,14H2,1-2H3,(H,26,31). The van der Waals surface area contributed by atoms with E-state index in [1.165, 1.54) is 19.2 Å². The minimum absolute atomic E-state index is 0.0276. The third-order valence-corrected chi connectivity index (χ3v) is 5.87. The van der Waals surface area contributed by atoms with E-state index in [9.17, 15) is 9.18 Å². The molecule has 2 aromatic carbocycles. The molecule has 170 valence electrons. The predicted octanol–water partition coefficient (Wildman–Crippen LogP) is 4.67. The van der Waals surface area contributed by atoms with Crippen LogP contribution in [0.2, 0.25) is 0 Å². The maximum atomic E-state index is 13.5. The summed E-state index contributed by atoms with van der Waals surface area (Å²) in [5, 5.41) is 7.20. The molecule has 3 heterocycles. The van der Waals surface area contributed by atoms with Crippen LogP contribution in [0.3, 0.4) is 0 Å². The number of fused-ring (bicyclic) bond motifs is 3. The molecule has 1 aliphatic rings. The van der Waals surface area contributed by atoms with Gasteiger partial charge >= 0.3 is 6.09 Å². The Morgan fingerprint density at radius 2 is 2.06 bits per heavy atom. The lowest BCUT2D eigenvalue weighted by Crippen LogP contribution is -2.14. The third-order valence-electron chi connectivity index (χ3n) is 5.87. The highest BCUT2D eigenvalue weighted by molar-refractivity contribution is 5.89. The van der Waals surface area contributed by atoms with Crippen LogP contribution >= 0.6 is 0 Å². The molecule has 2 aromatic heterocycles. The number of imidazole rings is 1. The number of carbonyl (C=O) groups is 1. The number of methoxy groups -OCH3 is 1. The molecule has 0 fully saturated rings. The van der Waals surface area contributed by atoms with Crippen molar-refractivity contribution >= 4 is 22.8 Å². The Bertz CT molecular complexity index is 1340. The Labute approximate surface area is 189 Å². The summed E-state index contributed by atoms with van der Waals surface area (Å²) in [4.78, 5) is 17.1. The third kappa shape index (κ3) is 4.13. The van der Waals surface area contributed by atoms with Gasteiger partial charge in [-0.3, -0.25) is 10.00 Å². The lowest BCUT2D eigenvalue weighted by molar-refractivity contribution is 0.152. The van der Waals surface area contributed by atoms with E-state index < -0.39 is 6.09 Å². The van der Waals surface area contributed by atoms with Gasteiger partial charge in [0, 0.05) is 37.3 Å². The highest BCUT2D eigenvalue weighted by Gasteiger charge is 2.16. The van der Waals surface area contributed by atoms with Crippen molar-refractivity contribution in [1.82, 2.24) is 19.3 Å². The van der Waals surface area contributed by atoms with Crippen LogP contribution in [-0.4, -0.2) is 32.5 Å². The number of anilines is 1. The molecule has 0 saturated carbocycles. The average molecular weight is 449 g/mol. The van der Waals surface area contributed by atoms with Crippen molar-refractivity contribution in [3.8, 4) is 17.0 Å². The number of carbonyl (C=O) groups excluding carboxylic acids is 1. The summed E-state index contributed by atoms with van der Waals surface area (Å²) in [6.07, 6.45) is 2.73. The number of nitrogens with one attached hydrogen (secondary N) is 1. The molecule has 4 aromatic rings. The van der Waals surface area contributed by atoms with Gasteiger partial charge in [0.05, 0.1) is 29.5 Å². The smallest absolute Gasteiger partial charge is 0.412 e. The van der Waals surface area contributed by atoms with E-state index in [4.69, 9.17) is 14.5 Å². The second-order valence-corrected chi connectivity index (χ2v) is 8.03. The van der Waals surface area contributed by atoms with E-state index >= 15 is 0 Å². The van der Waals surface area contributed by atoms with Crippen LogP contribution in [0.1, 0.15) is 24.4 Å². The van der Waals surface area contributed by atoms with Gasteiger partial charge in [-0.25, -0.2) is 14.2 Å². The molecule has 33 heavy (non-hydrogen) atoms. The summed E-state index contributed by atoms with van der Waals surface area (Å²) in [7, 11) is 3.23. The van der Waals surface area contributed by atoms with Crippen molar-refractivity contribution in [2.75, 3.05) is 12.4 Å². The zero-order chi connectivity index (χ0) is 22.9. The number of amides is 1. The zero-order valence-corrected chi connectivity index (χ0v) is 18.5. The lowest BCUT2D eigenvalue weighted by Gasteiger charge is -2.13. The number of ether oxygens (including phenoxy) is 2. The second-order valence-electron chi connectivity index (χ2n) is 8.03. The van der Waals surface area contributed by atoms with Gasteiger partial charge in [-0.05, 0) is 49.2 Å². The number of rotatable bonds is 5. The number of aromatic nitrogens is 4. The van der Waals surface area contributed by atoms with Crippen LogP contribution in [0.15, 0.2) is 42.5 Å². The molecule has 1 amide bonds. The van der Waals surface area contributed by atoms with Crippen LogP contribution in [0.4, 0.5) is 14.9 Å². The molecule has 0 radical (unpaired) electrons. The molecule has 0 spiro atoms. The minimum Gasteiger partial charge on any atom is -0.496 e. The van der Waals surface area contributed by atoms with E-state index in [0.717, 1.165) is 42.7 Å². The van der Waals surface area contributed by atoms with Crippen molar-refractivity contribution < 1.29 is 18.7 Å². The number of benzene rings is 2. The maximum Gasteiger partial charge on any atom is 0.412 e. The van der Waals surface area contributed by atoms with E-state index in [-0.39, 0.29) is 12.4 Å². The van der Waals surface area contributed by atoms with Crippen LogP contribution in [-0.2, 0) is 31.4 Å². The SMILES string of the molecule is COc1cc(F)ccc1-c1cc(COC(=O)Nc2ccc3c(c2)nc2n3CCCC2)n(C)n1. The molecule has 5 rings (SSSR count). The van der Waals surface area contributed by atoms with Gasteiger partial charge in [-0.1, -0.05) is 0 Å². The predicted molar refractivity (Wildman–Crippen MR) is 122 cm³/mol. The molecule has 0 aliphatic carbocycles. The van der Waals surface area contributed by atoms with Crippen LogP contribution < -0.4 is 10.1 Å². The number of hydrogen-bond donors (Lipinski definition) is 1. The molecule has 8 nitrogen and oxygen atoms in total. The van der Waals surface area contributed by atoms with Crippen molar-refractivity contribution in [3.05, 3.63) is 59.8 Å². The van der Waals surface area contributed by atoms with E-state index in [2.05, 4.69) is 15.0 Å². The monoisotopic (exact) mass is 449 g/mol. The maximum absolute atomic E-state index is 13.5. The zero-order valence-electron chi connectivity index (χ0n) is 18.5. The van der Waals surface area contributed by atoms with Crippen LogP contribution in [0.25, 0.3) is 22.3 Å². The van der Waals surface area contributed by atoms with Gasteiger partial charge in [0.15, 0.2) is 0 Å². The van der Waals surface area contributed by atoms with Crippen LogP contribution in [0, 0.1) is 5.82 Å². The fourth-order valence-electron chi connectivity index (χ4n) is 4.19. The van der Waals surface area contributed by atoms with Crippen molar-refractivity contribution in [3.63, 3.8) is 0 Å². The van der Waals surface area contributed by atoms with Gasteiger partial charge in [0.1, 0.15) is 24.0 Å². The van der Waals surface area contributed by atoms with Gasteiger partial charge in [0.25, 0.3) is 0 Å². The van der Waals surface area contributed by atoms with Gasteiger partial charge in [-0.2, -0.15) is 5.10 Å². The lowest BCUT2D eigenvalue weighted by atomic mass is 10.1. The van der Waals surface area contributed by atoms with Gasteiger partial charge < -0.3 is 14.0 Å². The largest absolute Gasteiger partial charge is 0.496 e.